The summed E-state index contributed by atoms with van der Waals surface area (Å²) < 4.78 is 4.30. The van der Waals surface area contributed by atoms with Crippen LogP contribution in [0.3, 0.4) is 0 Å². The van der Waals surface area contributed by atoms with Crippen molar-refractivity contribution in [2.45, 2.75) is 0 Å². The van der Waals surface area contributed by atoms with Crippen LogP contribution in [-0.2, 0) is 19.1 Å². The van der Waals surface area contributed by atoms with E-state index in [1.54, 1.807) is 0 Å². The van der Waals surface area contributed by atoms with Gasteiger partial charge in [-0.3, -0.25) is 0 Å². The summed E-state index contributed by atoms with van der Waals surface area (Å²) in [6.07, 6.45) is 2.28. The third kappa shape index (κ3) is 17.8. The summed E-state index contributed by atoms with van der Waals surface area (Å²) in [5.74, 6) is -2.97. The zero-order valence-electron chi connectivity index (χ0n) is 8.33. The fraction of sp³-hybridized carbons (Fsp3) is 0.222. The minimum Gasteiger partial charge on any atom is -0.478 e. The number of ether oxygens (including phenoxy) is 1. The molecular formula is C9H12O7. The Hall–Kier alpha value is -2.15. The molecule has 0 spiro atoms. The molecule has 0 aromatic heterocycles. The first-order valence-corrected chi connectivity index (χ1v) is 3.98. The van der Waals surface area contributed by atoms with Gasteiger partial charge in [-0.2, -0.15) is 0 Å². The van der Waals surface area contributed by atoms with E-state index in [9.17, 15) is 14.4 Å². The minimum atomic E-state index is -1.22. The lowest BCUT2D eigenvalue weighted by atomic mass is 10.5. The summed E-state index contributed by atoms with van der Waals surface area (Å²) in [4.78, 5) is 29.5. The van der Waals surface area contributed by atoms with Crippen LogP contribution in [0.4, 0.5) is 0 Å². The Morgan fingerprint density at radius 2 is 1.62 bits per heavy atom. The number of carboxylic acids is 2. The highest BCUT2D eigenvalue weighted by molar-refractivity contribution is 5.90. The number of hydrogen-bond acceptors (Lipinski definition) is 5. The molecule has 3 N–H and O–H groups in total. The molecule has 0 saturated heterocycles. The van der Waals surface area contributed by atoms with E-state index in [0.29, 0.717) is 6.08 Å². The second-order valence-corrected chi connectivity index (χ2v) is 2.11. The predicted molar refractivity (Wildman–Crippen MR) is 52.7 cm³/mol. The lowest BCUT2D eigenvalue weighted by Gasteiger charge is -1.95. The van der Waals surface area contributed by atoms with Gasteiger partial charge in [0.25, 0.3) is 0 Å². The average Bonchev–Trinajstić information content (AvgIpc) is 2.24. The molecule has 0 atom stereocenters. The molecular weight excluding hydrogens is 220 g/mol. The van der Waals surface area contributed by atoms with Crippen LogP contribution in [0.5, 0.6) is 0 Å². The fourth-order valence-electron chi connectivity index (χ4n) is 0.334. The molecule has 0 unspecified atom stereocenters. The molecule has 0 aliphatic carbocycles. The molecule has 7 heteroatoms. The standard InChI is InChI=1S/C6H8O5.C3H4O2/c7-3-4-11-6(10)2-1-5(8)9;1-2-3(4)5/h1-2,7H,3-4H2,(H,8,9);2H,1H2,(H,4,5)/b2-1+;. The van der Waals surface area contributed by atoms with Crippen LogP contribution < -0.4 is 0 Å². The number of carbonyl (C=O) groups is 3. The number of rotatable bonds is 5. The summed E-state index contributed by atoms with van der Waals surface area (Å²) in [5, 5.41) is 23.8. The first-order valence-electron chi connectivity index (χ1n) is 3.98. The number of aliphatic carboxylic acids is 2. The maximum Gasteiger partial charge on any atom is 0.331 e. The molecule has 0 saturated carbocycles. The van der Waals surface area contributed by atoms with E-state index in [-0.39, 0.29) is 13.2 Å². The van der Waals surface area contributed by atoms with Gasteiger partial charge >= 0.3 is 17.9 Å². The summed E-state index contributed by atoms with van der Waals surface area (Å²) >= 11 is 0. The molecule has 90 valence electrons. The largest absolute Gasteiger partial charge is 0.478 e. The Kier molecular flexibility index (Phi) is 11.1. The fourth-order valence-corrected chi connectivity index (χ4v) is 0.334. The molecule has 0 amide bonds. The van der Waals surface area contributed by atoms with Crippen molar-refractivity contribution in [3.8, 4) is 0 Å². The second-order valence-electron chi connectivity index (χ2n) is 2.11. The molecule has 0 aromatic carbocycles. The maximum absolute atomic E-state index is 10.4. The third-order valence-electron chi connectivity index (χ3n) is 0.872. The molecule has 0 heterocycles. The lowest BCUT2D eigenvalue weighted by Crippen LogP contribution is -2.05. The van der Waals surface area contributed by atoms with Crippen molar-refractivity contribution in [1.29, 1.82) is 0 Å². The summed E-state index contributed by atoms with van der Waals surface area (Å²) in [7, 11) is 0. The van der Waals surface area contributed by atoms with E-state index in [1.165, 1.54) is 0 Å². The molecule has 0 radical (unpaired) electrons. The zero-order valence-corrected chi connectivity index (χ0v) is 8.33. The highest BCUT2D eigenvalue weighted by Gasteiger charge is 1.95. The number of esters is 1. The molecule has 0 aliphatic rings. The van der Waals surface area contributed by atoms with Crippen LogP contribution in [0.15, 0.2) is 24.8 Å². The van der Waals surface area contributed by atoms with Crippen LogP contribution in [0, 0.1) is 0 Å². The van der Waals surface area contributed by atoms with E-state index in [0.717, 1.165) is 12.2 Å². The average molecular weight is 232 g/mol. The molecule has 0 aliphatic heterocycles. The van der Waals surface area contributed by atoms with E-state index in [4.69, 9.17) is 15.3 Å². The Morgan fingerprint density at radius 3 is 1.94 bits per heavy atom. The van der Waals surface area contributed by atoms with Gasteiger partial charge in [0.1, 0.15) is 6.61 Å². The quantitative estimate of drug-likeness (QED) is 0.428. The Morgan fingerprint density at radius 1 is 1.12 bits per heavy atom. The highest BCUT2D eigenvalue weighted by atomic mass is 16.5. The topological polar surface area (TPSA) is 121 Å². The summed E-state index contributed by atoms with van der Waals surface area (Å²) in [6, 6.07) is 0. The Balaban J connectivity index is 0. The van der Waals surface area contributed by atoms with E-state index < -0.39 is 17.9 Å². The van der Waals surface area contributed by atoms with Gasteiger partial charge in [-0.05, 0) is 0 Å². The zero-order chi connectivity index (χ0) is 13.0. The number of aliphatic hydroxyl groups is 1. The van der Waals surface area contributed by atoms with Gasteiger partial charge in [0.2, 0.25) is 0 Å². The van der Waals surface area contributed by atoms with Crippen LogP contribution in [0.1, 0.15) is 0 Å². The monoisotopic (exact) mass is 232 g/mol. The van der Waals surface area contributed by atoms with Gasteiger partial charge < -0.3 is 20.1 Å². The third-order valence-corrected chi connectivity index (χ3v) is 0.872. The summed E-state index contributed by atoms with van der Waals surface area (Å²) in [5.41, 5.74) is 0. The van der Waals surface area contributed by atoms with Gasteiger partial charge in [0, 0.05) is 18.2 Å². The number of aliphatic hydroxyl groups excluding tert-OH is 1. The number of carbonyl (C=O) groups excluding carboxylic acids is 1. The van der Waals surface area contributed by atoms with Gasteiger partial charge in [-0.1, -0.05) is 6.58 Å². The van der Waals surface area contributed by atoms with Gasteiger partial charge in [-0.25, -0.2) is 14.4 Å². The molecule has 0 bridgehead atoms. The first-order chi connectivity index (χ1) is 7.43. The predicted octanol–water partition coefficient (Wildman–Crippen LogP) is -0.580. The number of hydrogen-bond donors (Lipinski definition) is 3. The SMILES string of the molecule is C=CC(=O)O.O=C(O)/C=C/C(=O)OCCO. The normalized spacial score (nSPS) is 8.81. The minimum absolute atomic E-state index is 0.122. The molecule has 0 rings (SSSR count). The smallest absolute Gasteiger partial charge is 0.331 e. The van der Waals surface area contributed by atoms with E-state index in [1.807, 2.05) is 0 Å². The summed E-state index contributed by atoms with van der Waals surface area (Å²) in [6.45, 7) is 2.57. The van der Waals surface area contributed by atoms with Gasteiger partial charge in [-0.15, -0.1) is 0 Å². The number of carboxylic acid groups (broad SMARTS) is 2. The van der Waals surface area contributed by atoms with Crippen molar-refractivity contribution in [3.05, 3.63) is 24.8 Å². The second kappa shape index (κ2) is 10.9. The van der Waals surface area contributed by atoms with E-state index in [2.05, 4.69) is 11.3 Å². The van der Waals surface area contributed by atoms with Crippen molar-refractivity contribution in [3.63, 3.8) is 0 Å². The highest BCUT2D eigenvalue weighted by Crippen LogP contribution is 1.80. The first kappa shape index (κ1) is 16.3. The van der Waals surface area contributed by atoms with Crippen LogP contribution >= 0.6 is 0 Å². The van der Waals surface area contributed by atoms with Crippen LogP contribution in [0.2, 0.25) is 0 Å². The van der Waals surface area contributed by atoms with Crippen molar-refractivity contribution < 1.29 is 34.4 Å². The molecule has 7 nitrogen and oxygen atoms in total. The molecule has 0 aromatic rings. The van der Waals surface area contributed by atoms with Crippen molar-refractivity contribution >= 4 is 17.9 Å². The van der Waals surface area contributed by atoms with Crippen LogP contribution in [0.25, 0.3) is 0 Å². The molecule has 0 fully saturated rings. The van der Waals surface area contributed by atoms with Crippen molar-refractivity contribution in [2.24, 2.45) is 0 Å². The maximum atomic E-state index is 10.4. The van der Waals surface area contributed by atoms with E-state index >= 15 is 0 Å². The van der Waals surface area contributed by atoms with Crippen molar-refractivity contribution in [1.82, 2.24) is 0 Å². The van der Waals surface area contributed by atoms with Gasteiger partial charge in [0.05, 0.1) is 6.61 Å². The van der Waals surface area contributed by atoms with Crippen LogP contribution in [-0.4, -0.2) is 46.4 Å². The van der Waals surface area contributed by atoms with Crippen molar-refractivity contribution in [2.75, 3.05) is 13.2 Å². The lowest BCUT2D eigenvalue weighted by molar-refractivity contribution is -0.139. The van der Waals surface area contributed by atoms with Gasteiger partial charge in [0.15, 0.2) is 0 Å². The Bertz CT molecular complexity index is 280. The Labute approximate surface area is 91.3 Å². The molecule has 16 heavy (non-hydrogen) atoms.